The first-order chi connectivity index (χ1) is 9.08. The lowest BCUT2D eigenvalue weighted by Gasteiger charge is -2.25. The van der Waals surface area contributed by atoms with Crippen LogP contribution in [0.15, 0.2) is 35.5 Å². The van der Waals surface area contributed by atoms with Gasteiger partial charge < -0.3 is 10.4 Å². The Morgan fingerprint density at radius 2 is 2.16 bits per heavy atom. The Bertz CT molecular complexity index is 516. The van der Waals surface area contributed by atoms with Crippen molar-refractivity contribution in [1.29, 1.82) is 0 Å². The number of nitrogens with zero attached hydrogens (tertiary/aromatic N) is 1. The third kappa shape index (κ3) is 3.32. The van der Waals surface area contributed by atoms with Gasteiger partial charge in [0.05, 0.1) is 11.8 Å². The van der Waals surface area contributed by atoms with Crippen LogP contribution in [0.25, 0.3) is 0 Å². The summed E-state index contributed by atoms with van der Waals surface area (Å²) in [5, 5.41) is 12.3. The van der Waals surface area contributed by atoms with Crippen molar-refractivity contribution < 1.29 is 14.7 Å². The van der Waals surface area contributed by atoms with E-state index < -0.39 is 17.8 Å². The van der Waals surface area contributed by atoms with Crippen LogP contribution in [0.3, 0.4) is 0 Å². The van der Waals surface area contributed by atoms with Crippen LogP contribution in [-0.2, 0) is 9.59 Å². The molecule has 0 radical (unpaired) electrons. The van der Waals surface area contributed by atoms with Gasteiger partial charge in [-0.3, -0.25) is 9.59 Å². The summed E-state index contributed by atoms with van der Waals surface area (Å²) >= 11 is 5.90. The van der Waals surface area contributed by atoms with Crippen LogP contribution in [0.5, 0.6) is 0 Å². The number of hydrogen-bond acceptors (Lipinski definition) is 3. The number of carbonyl (C=O) groups is 2. The second-order valence-corrected chi connectivity index (χ2v) is 4.83. The maximum absolute atomic E-state index is 12.1. The van der Waals surface area contributed by atoms with Crippen LogP contribution in [0.2, 0.25) is 0 Å². The molecular weight excluding hydrogens is 268 g/mol. The van der Waals surface area contributed by atoms with Gasteiger partial charge in [0.2, 0.25) is 5.91 Å². The zero-order valence-corrected chi connectivity index (χ0v) is 10.8. The topological polar surface area (TPSA) is 79.3 Å². The Labute approximate surface area is 115 Å². The SMILES string of the molecule is O=C(O)[C@@H]1CC=C(Cl)C[C@H]1C(=O)Nc1ccccn1. The number of carbonyl (C=O) groups excluding carboxylic acids is 1. The Hall–Kier alpha value is -1.88. The van der Waals surface area contributed by atoms with E-state index in [1.54, 1.807) is 30.5 Å². The molecule has 0 unspecified atom stereocenters. The highest BCUT2D eigenvalue weighted by Gasteiger charge is 2.36. The van der Waals surface area contributed by atoms with Crippen LogP contribution in [-0.4, -0.2) is 22.0 Å². The monoisotopic (exact) mass is 280 g/mol. The van der Waals surface area contributed by atoms with E-state index in [2.05, 4.69) is 10.3 Å². The molecule has 0 bridgehead atoms. The first-order valence-electron chi connectivity index (χ1n) is 5.87. The number of pyridine rings is 1. The minimum atomic E-state index is -0.985. The summed E-state index contributed by atoms with van der Waals surface area (Å²) in [6, 6.07) is 5.12. The maximum atomic E-state index is 12.1. The van der Waals surface area contributed by atoms with Gasteiger partial charge >= 0.3 is 5.97 Å². The minimum Gasteiger partial charge on any atom is -0.481 e. The molecule has 1 heterocycles. The molecule has 0 saturated heterocycles. The molecular formula is C13H13ClN2O3. The molecule has 1 aromatic rings. The number of carboxylic acid groups (broad SMARTS) is 1. The summed E-state index contributed by atoms with van der Waals surface area (Å²) in [5.41, 5.74) is 0. The molecule has 0 saturated carbocycles. The largest absolute Gasteiger partial charge is 0.481 e. The highest BCUT2D eigenvalue weighted by atomic mass is 35.5. The van der Waals surface area contributed by atoms with Gasteiger partial charge in [-0.25, -0.2) is 4.98 Å². The standard InChI is InChI=1S/C13H13ClN2O3/c14-8-4-5-9(13(18)19)10(7-8)12(17)16-11-3-1-2-6-15-11/h1-4,6,9-10H,5,7H2,(H,18,19)(H,15,16,17)/t9-,10-/m1/s1. The van der Waals surface area contributed by atoms with Gasteiger partial charge in [-0.1, -0.05) is 23.7 Å². The Morgan fingerprint density at radius 1 is 1.37 bits per heavy atom. The lowest BCUT2D eigenvalue weighted by Crippen LogP contribution is -2.35. The molecule has 100 valence electrons. The molecule has 2 atom stereocenters. The van der Waals surface area contributed by atoms with Crippen molar-refractivity contribution in [2.24, 2.45) is 11.8 Å². The summed E-state index contributed by atoms with van der Waals surface area (Å²) in [6.45, 7) is 0. The van der Waals surface area contributed by atoms with E-state index in [0.29, 0.717) is 10.9 Å². The third-order valence-corrected chi connectivity index (χ3v) is 3.37. The number of hydrogen-bond donors (Lipinski definition) is 2. The van der Waals surface area contributed by atoms with Crippen molar-refractivity contribution in [1.82, 2.24) is 4.98 Å². The average Bonchev–Trinajstić information content (AvgIpc) is 2.39. The second-order valence-electron chi connectivity index (χ2n) is 4.35. The molecule has 0 aromatic carbocycles. The first kappa shape index (κ1) is 13.5. The number of halogens is 1. The zero-order valence-electron chi connectivity index (χ0n) is 10.0. The fourth-order valence-corrected chi connectivity index (χ4v) is 2.31. The van der Waals surface area contributed by atoms with Crippen molar-refractivity contribution >= 4 is 29.3 Å². The molecule has 0 spiro atoms. The molecule has 2 N–H and O–H groups in total. The molecule has 6 heteroatoms. The number of anilines is 1. The predicted octanol–water partition coefficient (Wildman–Crippen LogP) is 2.25. The summed E-state index contributed by atoms with van der Waals surface area (Å²) in [4.78, 5) is 27.3. The maximum Gasteiger partial charge on any atom is 0.307 e. The molecule has 1 aliphatic rings. The molecule has 0 aliphatic heterocycles. The third-order valence-electron chi connectivity index (χ3n) is 3.06. The normalized spacial score (nSPS) is 22.5. The van der Waals surface area contributed by atoms with Crippen molar-refractivity contribution in [3.05, 3.63) is 35.5 Å². The van der Waals surface area contributed by atoms with E-state index in [1.807, 2.05) is 0 Å². The lowest BCUT2D eigenvalue weighted by molar-refractivity contribution is -0.146. The van der Waals surface area contributed by atoms with Gasteiger partial charge in [-0.15, -0.1) is 0 Å². The van der Waals surface area contributed by atoms with E-state index >= 15 is 0 Å². The minimum absolute atomic E-state index is 0.247. The smallest absolute Gasteiger partial charge is 0.307 e. The quantitative estimate of drug-likeness (QED) is 0.890. The van der Waals surface area contributed by atoms with E-state index in [4.69, 9.17) is 16.7 Å². The van der Waals surface area contributed by atoms with Crippen molar-refractivity contribution in [2.75, 3.05) is 5.32 Å². The zero-order chi connectivity index (χ0) is 13.8. The number of allylic oxidation sites excluding steroid dienone is 2. The predicted molar refractivity (Wildman–Crippen MR) is 70.7 cm³/mol. The summed E-state index contributed by atoms with van der Waals surface area (Å²) in [7, 11) is 0. The number of nitrogens with one attached hydrogen (secondary N) is 1. The number of aliphatic carboxylic acids is 1. The van der Waals surface area contributed by atoms with E-state index in [1.165, 1.54) is 0 Å². The second kappa shape index (κ2) is 5.84. The molecule has 1 aromatic heterocycles. The summed E-state index contributed by atoms with van der Waals surface area (Å²) in [5.74, 6) is -2.36. The molecule has 2 rings (SSSR count). The van der Waals surface area contributed by atoms with E-state index in [0.717, 1.165) is 0 Å². The Morgan fingerprint density at radius 3 is 2.79 bits per heavy atom. The molecule has 5 nitrogen and oxygen atoms in total. The number of carboxylic acids is 1. The van der Waals surface area contributed by atoms with Gasteiger partial charge in [0, 0.05) is 11.2 Å². The number of amides is 1. The van der Waals surface area contributed by atoms with Crippen LogP contribution in [0, 0.1) is 11.8 Å². The fraction of sp³-hybridized carbons (Fsp3) is 0.308. The molecule has 0 fully saturated rings. The highest BCUT2D eigenvalue weighted by molar-refractivity contribution is 6.29. The average molecular weight is 281 g/mol. The first-order valence-corrected chi connectivity index (χ1v) is 6.25. The van der Waals surface area contributed by atoms with Crippen molar-refractivity contribution in [2.45, 2.75) is 12.8 Å². The van der Waals surface area contributed by atoms with E-state index in [-0.39, 0.29) is 18.7 Å². The summed E-state index contributed by atoms with van der Waals surface area (Å²) < 4.78 is 0. The van der Waals surface area contributed by atoms with Crippen LogP contribution < -0.4 is 5.32 Å². The van der Waals surface area contributed by atoms with Crippen LogP contribution in [0.1, 0.15) is 12.8 Å². The van der Waals surface area contributed by atoms with Gasteiger partial charge in [-0.05, 0) is 25.0 Å². The van der Waals surface area contributed by atoms with Crippen LogP contribution in [0.4, 0.5) is 5.82 Å². The van der Waals surface area contributed by atoms with Crippen molar-refractivity contribution in [3.63, 3.8) is 0 Å². The van der Waals surface area contributed by atoms with Gasteiger partial charge in [0.15, 0.2) is 0 Å². The number of rotatable bonds is 3. The van der Waals surface area contributed by atoms with Gasteiger partial charge in [0.1, 0.15) is 5.82 Å². The molecule has 1 aliphatic carbocycles. The highest BCUT2D eigenvalue weighted by Crippen LogP contribution is 2.32. The van der Waals surface area contributed by atoms with Crippen LogP contribution >= 0.6 is 11.6 Å². The van der Waals surface area contributed by atoms with E-state index in [9.17, 15) is 9.59 Å². The number of aromatic nitrogens is 1. The van der Waals surface area contributed by atoms with Crippen molar-refractivity contribution in [3.8, 4) is 0 Å². The fourth-order valence-electron chi connectivity index (χ4n) is 2.06. The van der Waals surface area contributed by atoms with Gasteiger partial charge in [0.25, 0.3) is 0 Å². The Balaban J connectivity index is 2.12. The summed E-state index contributed by atoms with van der Waals surface area (Å²) in [6.07, 6.45) is 3.73. The van der Waals surface area contributed by atoms with Gasteiger partial charge in [-0.2, -0.15) is 0 Å². The Kier molecular flexibility index (Phi) is 4.16. The molecule has 19 heavy (non-hydrogen) atoms. The lowest BCUT2D eigenvalue weighted by atomic mass is 9.82. The molecule has 1 amide bonds.